The summed E-state index contributed by atoms with van der Waals surface area (Å²) in [5, 5.41) is 2.73. The van der Waals surface area contributed by atoms with E-state index in [-0.39, 0.29) is 29.9 Å². The van der Waals surface area contributed by atoms with E-state index in [1.807, 2.05) is 48.5 Å². The minimum absolute atomic E-state index is 0.0387. The Morgan fingerprint density at radius 2 is 1.59 bits per heavy atom. The summed E-state index contributed by atoms with van der Waals surface area (Å²) in [6.45, 7) is 3.09. The van der Waals surface area contributed by atoms with Gasteiger partial charge in [-0.1, -0.05) is 48.5 Å². The fourth-order valence-electron chi connectivity index (χ4n) is 4.04. The number of nitrogens with one attached hydrogen (secondary N) is 1. The van der Waals surface area contributed by atoms with Gasteiger partial charge in [-0.25, -0.2) is 4.39 Å². The van der Waals surface area contributed by atoms with Crippen LogP contribution in [0, 0.1) is 5.82 Å². The van der Waals surface area contributed by atoms with Crippen molar-refractivity contribution >= 4 is 11.8 Å². The summed E-state index contributed by atoms with van der Waals surface area (Å²) < 4.78 is 18.9. The van der Waals surface area contributed by atoms with Gasteiger partial charge in [-0.15, -0.1) is 0 Å². The van der Waals surface area contributed by atoms with Gasteiger partial charge in [0.25, 0.3) is 5.91 Å². The van der Waals surface area contributed by atoms with Crippen LogP contribution in [0.15, 0.2) is 72.8 Å². The second-order valence-corrected chi connectivity index (χ2v) is 8.25. The minimum atomic E-state index is -0.376. The topological polar surface area (TPSA) is 61.9 Å². The van der Waals surface area contributed by atoms with Crippen molar-refractivity contribution in [3.8, 4) is 16.9 Å². The molecule has 0 atom stereocenters. The molecular formula is C27H28FN3O3. The van der Waals surface area contributed by atoms with Crippen molar-refractivity contribution in [3.63, 3.8) is 0 Å². The maximum atomic E-state index is 13.9. The van der Waals surface area contributed by atoms with Crippen molar-refractivity contribution in [1.82, 2.24) is 15.1 Å². The number of nitrogens with zero attached hydrogens (tertiary/aromatic N) is 2. The fourth-order valence-corrected chi connectivity index (χ4v) is 4.04. The first-order chi connectivity index (χ1) is 16.5. The lowest BCUT2D eigenvalue weighted by Crippen LogP contribution is -2.50. The van der Waals surface area contributed by atoms with Crippen LogP contribution >= 0.6 is 0 Å². The smallest absolute Gasteiger partial charge is 0.251 e. The second-order valence-electron chi connectivity index (χ2n) is 8.25. The summed E-state index contributed by atoms with van der Waals surface area (Å²) in [6.07, 6.45) is 0. The van der Waals surface area contributed by atoms with E-state index in [1.54, 1.807) is 23.1 Å². The van der Waals surface area contributed by atoms with Crippen LogP contribution < -0.4 is 10.1 Å². The molecule has 2 amide bonds. The Hall–Kier alpha value is -3.71. The van der Waals surface area contributed by atoms with E-state index in [9.17, 15) is 14.0 Å². The van der Waals surface area contributed by atoms with Gasteiger partial charge in [-0.2, -0.15) is 0 Å². The molecule has 0 aliphatic carbocycles. The molecule has 3 aromatic carbocycles. The lowest BCUT2D eigenvalue weighted by atomic mass is 10.0. The number of ether oxygens (including phenoxy) is 1. The number of hydrogen-bond donors (Lipinski definition) is 1. The molecule has 7 heteroatoms. The Balaban J connectivity index is 1.22. The number of methoxy groups -OCH3 is 1. The highest BCUT2D eigenvalue weighted by atomic mass is 19.1. The van der Waals surface area contributed by atoms with Crippen LogP contribution in [-0.4, -0.2) is 61.4 Å². The Morgan fingerprint density at radius 3 is 2.24 bits per heavy atom. The number of amides is 2. The van der Waals surface area contributed by atoms with Crippen molar-refractivity contribution < 1.29 is 18.7 Å². The van der Waals surface area contributed by atoms with Gasteiger partial charge in [0.2, 0.25) is 5.91 Å². The molecule has 4 rings (SSSR count). The number of carbonyl (C=O) groups is 2. The van der Waals surface area contributed by atoms with Crippen LogP contribution in [0.4, 0.5) is 4.39 Å². The molecule has 0 bridgehead atoms. The van der Waals surface area contributed by atoms with Crippen LogP contribution in [0.25, 0.3) is 11.1 Å². The molecule has 0 unspecified atom stereocenters. The standard InChI is InChI=1S/C27H28FN3O3/c1-34-25-12-7-20(17-24(25)28)19-30-13-15-31(16-14-30)26(32)18-29-27(33)23-10-8-22(9-11-23)21-5-3-2-4-6-21/h2-12,17H,13-16,18-19H2,1H3,(H,29,33). The Kier molecular flexibility index (Phi) is 7.54. The molecule has 1 heterocycles. The van der Waals surface area contributed by atoms with Crippen molar-refractivity contribution in [2.24, 2.45) is 0 Å². The van der Waals surface area contributed by atoms with Crippen LogP contribution in [0.2, 0.25) is 0 Å². The predicted molar refractivity (Wildman–Crippen MR) is 129 cm³/mol. The van der Waals surface area contributed by atoms with Gasteiger partial charge in [0.15, 0.2) is 11.6 Å². The molecule has 0 spiro atoms. The zero-order valence-electron chi connectivity index (χ0n) is 19.2. The molecule has 34 heavy (non-hydrogen) atoms. The average Bonchev–Trinajstić information content (AvgIpc) is 2.88. The zero-order valence-corrected chi connectivity index (χ0v) is 19.2. The molecule has 1 fully saturated rings. The molecule has 3 aromatic rings. The van der Waals surface area contributed by atoms with Crippen molar-refractivity contribution in [2.75, 3.05) is 39.8 Å². The van der Waals surface area contributed by atoms with Crippen molar-refractivity contribution in [2.45, 2.75) is 6.54 Å². The summed E-state index contributed by atoms with van der Waals surface area (Å²) in [6, 6.07) is 22.2. The highest BCUT2D eigenvalue weighted by molar-refractivity contribution is 5.96. The third-order valence-electron chi connectivity index (χ3n) is 6.00. The van der Waals surface area contributed by atoms with E-state index in [4.69, 9.17) is 4.74 Å². The summed E-state index contributed by atoms with van der Waals surface area (Å²) in [4.78, 5) is 29.0. The van der Waals surface area contributed by atoms with E-state index in [2.05, 4.69) is 10.2 Å². The third-order valence-corrected chi connectivity index (χ3v) is 6.00. The zero-order chi connectivity index (χ0) is 23.9. The maximum absolute atomic E-state index is 13.9. The fraction of sp³-hybridized carbons (Fsp3) is 0.259. The number of carbonyl (C=O) groups excluding carboxylic acids is 2. The molecule has 0 radical (unpaired) electrons. The molecule has 1 N–H and O–H groups in total. The quantitative estimate of drug-likeness (QED) is 0.584. The molecule has 1 aliphatic heterocycles. The Morgan fingerprint density at radius 1 is 0.912 bits per heavy atom. The number of rotatable bonds is 7. The van der Waals surface area contributed by atoms with E-state index in [0.717, 1.165) is 16.7 Å². The first kappa shape index (κ1) is 23.4. The number of piperazine rings is 1. The third kappa shape index (κ3) is 5.80. The SMILES string of the molecule is COc1ccc(CN2CCN(C(=O)CNC(=O)c3ccc(-c4ccccc4)cc3)CC2)cc1F. The molecule has 1 aliphatic rings. The highest BCUT2D eigenvalue weighted by Crippen LogP contribution is 2.20. The average molecular weight is 462 g/mol. The normalized spacial score (nSPS) is 14.0. The monoisotopic (exact) mass is 461 g/mol. The van der Waals surface area contributed by atoms with Crippen molar-refractivity contribution in [1.29, 1.82) is 0 Å². The number of benzene rings is 3. The van der Waals surface area contributed by atoms with E-state index < -0.39 is 0 Å². The van der Waals surface area contributed by atoms with Gasteiger partial charge in [0.1, 0.15) is 0 Å². The van der Waals surface area contributed by atoms with Gasteiger partial charge in [-0.05, 0) is 41.0 Å². The predicted octanol–water partition coefficient (Wildman–Crippen LogP) is 3.58. The summed E-state index contributed by atoms with van der Waals surface area (Å²) in [7, 11) is 1.44. The Bertz CT molecular complexity index is 1130. The summed E-state index contributed by atoms with van der Waals surface area (Å²) in [5.74, 6) is -0.523. The Labute approximate surface area is 198 Å². The molecule has 6 nitrogen and oxygen atoms in total. The van der Waals surface area contributed by atoms with E-state index in [1.165, 1.54) is 13.2 Å². The largest absolute Gasteiger partial charge is 0.494 e. The van der Waals surface area contributed by atoms with Gasteiger partial charge < -0.3 is 15.0 Å². The lowest BCUT2D eigenvalue weighted by Gasteiger charge is -2.34. The minimum Gasteiger partial charge on any atom is -0.494 e. The summed E-state index contributed by atoms with van der Waals surface area (Å²) >= 11 is 0. The lowest BCUT2D eigenvalue weighted by molar-refractivity contribution is -0.131. The molecule has 0 aromatic heterocycles. The van der Waals surface area contributed by atoms with Gasteiger partial charge in [0, 0.05) is 38.3 Å². The number of halogens is 1. The second kappa shape index (κ2) is 10.9. The molecule has 0 saturated carbocycles. The van der Waals surface area contributed by atoms with Crippen LogP contribution in [0.3, 0.4) is 0 Å². The van der Waals surface area contributed by atoms with Gasteiger partial charge in [-0.3, -0.25) is 14.5 Å². The van der Waals surface area contributed by atoms with Gasteiger partial charge in [0.05, 0.1) is 13.7 Å². The first-order valence-corrected chi connectivity index (χ1v) is 11.3. The highest BCUT2D eigenvalue weighted by Gasteiger charge is 2.22. The number of hydrogen-bond acceptors (Lipinski definition) is 4. The van der Waals surface area contributed by atoms with Crippen LogP contribution in [-0.2, 0) is 11.3 Å². The van der Waals surface area contributed by atoms with Crippen LogP contribution in [0.5, 0.6) is 5.75 Å². The molecule has 1 saturated heterocycles. The maximum Gasteiger partial charge on any atom is 0.251 e. The van der Waals surface area contributed by atoms with Crippen LogP contribution in [0.1, 0.15) is 15.9 Å². The molecular weight excluding hydrogens is 433 g/mol. The van der Waals surface area contributed by atoms with Crippen molar-refractivity contribution in [3.05, 3.63) is 89.7 Å². The molecule has 176 valence electrons. The summed E-state index contributed by atoms with van der Waals surface area (Å²) in [5.41, 5.74) is 3.50. The van der Waals surface area contributed by atoms with E-state index in [0.29, 0.717) is 38.3 Å². The van der Waals surface area contributed by atoms with Gasteiger partial charge >= 0.3 is 0 Å². The first-order valence-electron chi connectivity index (χ1n) is 11.3. The van der Waals surface area contributed by atoms with E-state index >= 15 is 0 Å².